The average Bonchev–Trinajstić information content (AvgIpc) is 3.23. The number of carbonyl (C=O) groups is 2. The summed E-state index contributed by atoms with van der Waals surface area (Å²) in [6.07, 6.45) is 2.99. The zero-order chi connectivity index (χ0) is 18.8. The van der Waals surface area contributed by atoms with Crippen molar-refractivity contribution < 1.29 is 14.3 Å². The van der Waals surface area contributed by atoms with Gasteiger partial charge in [0.15, 0.2) is 5.78 Å². The number of aryl methyl sites for hydroxylation is 2. The number of hydrogen-bond acceptors (Lipinski definition) is 5. The molecule has 1 N–H and O–H groups in total. The van der Waals surface area contributed by atoms with Crippen molar-refractivity contribution in [1.82, 2.24) is 4.90 Å². The lowest BCUT2D eigenvalue weighted by Gasteiger charge is -2.25. The highest BCUT2D eigenvalue weighted by molar-refractivity contribution is 7.17. The van der Waals surface area contributed by atoms with Crippen LogP contribution >= 0.6 is 11.3 Å². The van der Waals surface area contributed by atoms with Crippen LogP contribution in [0.4, 0.5) is 5.00 Å². The maximum atomic E-state index is 13.3. The summed E-state index contributed by atoms with van der Waals surface area (Å²) in [4.78, 5) is 29.2. The number of carbonyl (C=O) groups excluding carboxylic acids is 2. The van der Waals surface area contributed by atoms with E-state index in [4.69, 9.17) is 4.74 Å². The third-order valence-electron chi connectivity index (χ3n) is 5.26. The number of hydrogen-bond donors (Lipinski definition) is 1. The van der Waals surface area contributed by atoms with Gasteiger partial charge in [-0.2, -0.15) is 0 Å². The average molecular weight is 385 g/mol. The molecule has 1 amide bonds. The molecule has 2 heterocycles. The van der Waals surface area contributed by atoms with Crippen molar-refractivity contribution in [2.45, 2.75) is 26.2 Å². The van der Waals surface area contributed by atoms with Crippen LogP contribution in [0.5, 0.6) is 0 Å². The van der Waals surface area contributed by atoms with Crippen LogP contribution < -0.4 is 5.32 Å². The van der Waals surface area contributed by atoms with Crippen molar-refractivity contribution in [2.75, 3.05) is 38.2 Å². The molecule has 1 aliphatic carbocycles. The van der Waals surface area contributed by atoms with Crippen LogP contribution in [0.2, 0.25) is 0 Å². The molecule has 1 aromatic carbocycles. The highest BCUT2D eigenvalue weighted by atomic mass is 32.1. The molecule has 0 bridgehead atoms. The predicted molar refractivity (Wildman–Crippen MR) is 107 cm³/mol. The summed E-state index contributed by atoms with van der Waals surface area (Å²) in [7, 11) is 0. The molecule has 27 heavy (non-hydrogen) atoms. The molecule has 2 aliphatic rings. The Balaban J connectivity index is 1.59. The normalized spacial score (nSPS) is 16.9. The van der Waals surface area contributed by atoms with Gasteiger partial charge in [0, 0.05) is 23.5 Å². The Morgan fingerprint density at radius 1 is 1.19 bits per heavy atom. The van der Waals surface area contributed by atoms with Crippen LogP contribution in [0, 0.1) is 6.92 Å². The summed E-state index contributed by atoms with van der Waals surface area (Å²) >= 11 is 1.57. The monoisotopic (exact) mass is 384 g/mol. The van der Waals surface area contributed by atoms with E-state index >= 15 is 0 Å². The summed E-state index contributed by atoms with van der Waals surface area (Å²) in [6, 6.07) is 7.66. The maximum Gasteiger partial charge on any atom is 0.239 e. The van der Waals surface area contributed by atoms with Crippen molar-refractivity contribution in [3.63, 3.8) is 0 Å². The first-order valence-corrected chi connectivity index (χ1v) is 10.3. The second-order valence-corrected chi connectivity index (χ2v) is 8.25. The zero-order valence-electron chi connectivity index (χ0n) is 15.5. The lowest BCUT2D eigenvalue weighted by Crippen LogP contribution is -2.41. The first kappa shape index (κ1) is 18.3. The largest absolute Gasteiger partial charge is 0.379 e. The second-order valence-electron chi connectivity index (χ2n) is 7.14. The molecule has 1 aromatic heterocycles. The van der Waals surface area contributed by atoms with E-state index in [-0.39, 0.29) is 11.7 Å². The van der Waals surface area contributed by atoms with Crippen molar-refractivity contribution >= 4 is 28.0 Å². The fraction of sp³-hybridized carbons (Fsp3) is 0.429. The van der Waals surface area contributed by atoms with E-state index in [2.05, 4.69) is 10.2 Å². The summed E-state index contributed by atoms with van der Waals surface area (Å²) in [5, 5.41) is 3.75. The Kier molecular flexibility index (Phi) is 5.38. The highest BCUT2D eigenvalue weighted by Gasteiger charge is 2.29. The summed E-state index contributed by atoms with van der Waals surface area (Å²) in [5.41, 5.74) is 3.52. The van der Waals surface area contributed by atoms with Gasteiger partial charge in [-0.3, -0.25) is 14.5 Å². The topological polar surface area (TPSA) is 58.6 Å². The molecule has 0 unspecified atom stereocenters. The fourth-order valence-electron chi connectivity index (χ4n) is 3.82. The SMILES string of the molecule is Cc1ccccc1C(=O)c1c(NC(=O)CN2CCOCC2)sc2c1CCC2. The number of amides is 1. The van der Waals surface area contributed by atoms with Gasteiger partial charge in [0.1, 0.15) is 5.00 Å². The van der Waals surface area contributed by atoms with Gasteiger partial charge in [-0.15, -0.1) is 11.3 Å². The zero-order valence-corrected chi connectivity index (χ0v) is 16.4. The Morgan fingerprint density at radius 3 is 2.74 bits per heavy atom. The Hall–Kier alpha value is -2.02. The molecular weight excluding hydrogens is 360 g/mol. The van der Waals surface area contributed by atoms with Crippen molar-refractivity contribution in [3.8, 4) is 0 Å². The summed E-state index contributed by atoms with van der Waals surface area (Å²) in [5.74, 6) is -0.0372. The van der Waals surface area contributed by atoms with Crippen molar-refractivity contribution in [1.29, 1.82) is 0 Å². The smallest absolute Gasteiger partial charge is 0.239 e. The number of thiophene rings is 1. The number of nitrogens with zero attached hydrogens (tertiary/aromatic N) is 1. The molecule has 142 valence electrons. The molecule has 1 saturated heterocycles. The number of nitrogens with one attached hydrogen (secondary N) is 1. The minimum absolute atomic E-state index is 0.0224. The van der Waals surface area contributed by atoms with Crippen LogP contribution in [0.25, 0.3) is 0 Å². The van der Waals surface area contributed by atoms with Gasteiger partial charge in [0.2, 0.25) is 5.91 Å². The molecular formula is C21H24N2O3S. The van der Waals surface area contributed by atoms with Gasteiger partial charge < -0.3 is 10.1 Å². The molecule has 0 spiro atoms. The van der Waals surface area contributed by atoms with E-state index in [0.717, 1.165) is 43.5 Å². The molecule has 1 aliphatic heterocycles. The van der Waals surface area contributed by atoms with Crippen LogP contribution in [-0.2, 0) is 22.4 Å². The van der Waals surface area contributed by atoms with Crippen LogP contribution in [0.3, 0.4) is 0 Å². The van der Waals surface area contributed by atoms with E-state index in [9.17, 15) is 9.59 Å². The number of rotatable bonds is 5. The van der Waals surface area contributed by atoms with E-state index < -0.39 is 0 Å². The third kappa shape index (κ3) is 3.83. The first-order chi connectivity index (χ1) is 13.1. The van der Waals surface area contributed by atoms with E-state index in [1.807, 2.05) is 31.2 Å². The Labute approximate surface area is 163 Å². The number of morpholine rings is 1. The van der Waals surface area contributed by atoms with Crippen molar-refractivity contribution in [3.05, 3.63) is 51.4 Å². The molecule has 2 aromatic rings. The first-order valence-electron chi connectivity index (χ1n) is 9.48. The van der Waals surface area contributed by atoms with Gasteiger partial charge in [-0.25, -0.2) is 0 Å². The van der Waals surface area contributed by atoms with Crippen LogP contribution in [-0.4, -0.2) is 49.4 Å². The molecule has 0 radical (unpaired) electrons. The highest BCUT2D eigenvalue weighted by Crippen LogP contribution is 2.40. The number of anilines is 1. The second kappa shape index (κ2) is 7.92. The Bertz CT molecular complexity index is 868. The molecule has 1 fully saturated rings. The number of ether oxygens (including phenoxy) is 1. The van der Waals surface area contributed by atoms with Crippen LogP contribution in [0.1, 0.15) is 38.3 Å². The molecule has 6 heteroatoms. The number of benzene rings is 1. The van der Waals surface area contributed by atoms with Gasteiger partial charge in [-0.05, 0) is 37.3 Å². The number of ketones is 1. The van der Waals surface area contributed by atoms with Crippen LogP contribution in [0.15, 0.2) is 24.3 Å². The van der Waals surface area contributed by atoms with Gasteiger partial charge in [0.25, 0.3) is 0 Å². The Morgan fingerprint density at radius 2 is 1.96 bits per heavy atom. The van der Waals surface area contributed by atoms with Crippen molar-refractivity contribution in [2.24, 2.45) is 0 Å². The molecule has 4 rings (SSSR count). The summed E-state index contributed by atoms with van der Waals surface area (Å²) in [6.45, 7) is 5.16. The third-order valence-corrected chi connectivity index (χ3v) is 6.47. The number of fused-ring (bicyclic) bond motifs is 1. The van der Waals surface area contributed by atoms with Gasteiger partial charge in [0.05, 0.1) is 25.3 Å². The summed E-state index contributed by atoms with van der Waals surface area (Å²) < 4.78 is 5.34. The lowest BCUT2D eigenvalue weighted by molar-refractivity contribution is -0.118. The van der Waals surface area contributed by atoms with E-state index in [1.165, 1.54) is 4.88 Å². The molecule has 5 nitrogen and oxygen atoms in total. The molecule has 0 saturated carbocycles. The van der Waals surface area contributed by atoms with E-state index in [1.54, 1.807) is 11.3 Å². The lowest BCUT2D eigenvalue weighted by atomic mass is 9.97. The van der Waals surface area contributed by atoms with Gasteiger partial charge in [-0.1, -0.05) is 24.3 Å². The van der Waals surface area contributed by atoms with E-state index in [0.29, 0.717) is 35.9 Å². The molecule has 0 atom stereocenters. The quantitative estimate of drug-likeness (QED) is 0.805. The minimum Gasteiger partial charge on any atom is -0.379 e. The van der Waals surface area contributed by atoms with Gasteiger partial charge >= 0.3 is 0 Å². The standard InChI is InChI=1S/C21H24N2O3S/c1-14-5-2-3-6-15(14)20(25)19-16-7-4-8-17(16)27-21(19)22-18(24)13-23-9-11-26-12-10-23/h2-3,5-6H,4,7-13H2,1H3,(H,22,24). The maximum absolute atomic E-state index is 13.3. The minimum atomic E-state index is -0.0596. The predicted octanol–water partition coefficient (Wildman–Crippen LogP) is 3.05. The fourth-order valence-corrected chi connectivity index (χ4v) is 5.13.